The first-order valence-corrected chi connectivity index (χ1v) is 6.85. The highest BCUT2D eigenvalue weighted by Gasteiger charge is 2.18. The Kier molecular flexibility index (Phi) is 6.30. The van der Waals surface area contributed by atoms with E-state index in [0.29, 0.717) is 24.8 Å². The summed E-state index contributed by atoms with van der Waals surface area (Å²) in [6.07, 6.45) is 2.95. The van der Waals surface area contributed by atoms with E-state index in [1.807, 2.05) is 18.7 Å². The molecule has 2 N–H and O–H groups in total. The number of carbonyl (C=O) groups excluding carboxylic acids is 1. The maximum absolute atomic E-state index is 11.2. The van der Waals surface area contributed by atoms with Gasteiger partial charge in [-0.25, -0.2) is 0 Å². The van der Waals surface area contributed by atoms with Crippen molar-refractivity contribution in [3.8, 4) is 0 Å². The van der Waals surface area contributed by atoms with Crippen LogP contribution in [0, 0.1) is 0 Å². The van der Waals surface area contributed by atoms with Gasteiger partial charge in [-0.2, -0.15) is 0 Å². The topological polar surface area (TPSA) is 53.5 Å². The second-order valence-electron chi connectivity index (χ2n) is 3.80. The van der Waals surface area contributed by atoms with E-state index >= 15 is 0 Å². The molecule has 1 heterocycles. The van der Waals surface area contributed by atoms with Crippen molar-refractivity contribution in [3.05, 3.63) is 0 Å². The summed E-state index contributed by atoms with van der Waals surface area (Å²) in [5.74, 6) is 0.101. The average molecular weight is 243 g/mol. The lowest BCUT2D eigenvalue weighted by molar-refractivity contribution is -0.120. The van der Waals surface area contributed by atoms with E-state index in [4.69, 9.17) is 0 Å². The Hall–Kier alpha value is -0.710. The molecule has 1 rings (SSSR count). The summed E-state index contributed by atoms with van der Waals surface area (Å²) >= 11 is 1.81. The van der Waals surface area contributed by atoms with Crippen LogP contribution >= 0.6 is 11.8 Å². The number of hydrogen-bond acceptors (Lipinski definition) is 4. The van der Waals surface area contributed by atoms with Crippen molar-refractivity contribution in [2.24, 2.45) is 4.99 Å². The zero-order chi connectivity index (χ0) is 11.8. The average Bonchev–Trinajstić information content (AvgIpc) is 2.67. The Bertz CT molecular complexity index is 256. The SMILES string of the molecule is CCCC1CN=C(NCCC(=O)NCC)S1. The molecule has 0 spiro atoms. The van der Waals surface area contributed by atoms with Gasteiger partial charge in [-0.15, -0.1) is 0 Å². The van der Waals surface area contributed by atoms with Crippen LogP contribution in [0.15, 0.2) is 4.99 Å². The molecule has 0 saturated heterocycles. The molecule has 0 aromatic carbocycles. The molecule has 0 saturated carbocycles. The van der Waals surface area contributed by atoms with E-state index in [0.717, 1.165) is 11.7 Å². The first kappa shape index (κ1) is 13.4. The van der Waals surface area contributed by atoms with Gasteiger partial charge in [-0.3, -0.25) is 9.79 Å². The summed E-state index contributed by atoms with van der Waals surface area (Å²) in [6, 6.07) is 0. The van der Waals surface area contributed by atoms with Crippen LogP contribution in [0.4, 0.5) is 0 Å². The lowest BCUT2D eigenvalue weighted by Crippen LogP contribution is -2.29. The van der Waals surface area contributed by atoms with Crippen molar-refractivity contribution < 1.29 is 4.79 Å². The zero-order valence-corrected chi connectivity index (χ0v) is 10.9. The van der Waals surface area contributed by atoms with E-state index in [1.165, 1.54) is 12.8 Å². The van der Waals surface area contributed by atoms with Gasteiger partial charge < -0.3 is 10.6 Å². The normalized spacial score (nSPS) is 19.4. The molecule has 16 heavy (non-hydrogen) atoms. The summed E-state index contributed by atoms with van der Waals surface area (Å²) in [5.41, 5.74) is 0. The minimum absolute atomic E-state index is 0.101. The van der Waals surface area contributed by atoms with Crippen molar-refractivity contribution in [1.29, 1.82) is 0 Å². The van der Waals surface area contributed by atoms with Gasteiger partial charge in [0.15, 0.2) is 5.17 Å². The van der Waals surface area contributed by atoms with Crippen LogP contribution < -0.4 is 10.6 Å². The third-order valence-electron chi connectivity index (χ3n) is 2.33. The lowest BCUT2D eigenvalue weighted by atomic mass is 10.2. The van der Waals surface area contributed by atoms with Gasteiger partial charge in [0.1, 0.15) is 0 Å². The molecule has 5 heteroatoms. The first-order chi connectivity index (χ1) is 7.76. The second kappa shape index (κ2) is 7.54. The molecule has 1 unspecified atom stereocenters. The number of rotatable bonds is 6. The Morgan fingerprint density at radius 1 is 1.56 bits per heavy atom. The number of hydrogen-bond donors (Lipinski definition) is 2. The fourth-order valence-electron chi connectivity index (χ4n) is 1.56. The molecular weight excluding hydrogens is 222 g/mol. The van der Waals surface area contributed by atoms with Gasteiger partial charge in [0.25, 0.3) is 0 Å². The number of nitrogens with one attached hydrogen (secondary N) is 2. The molecule has 0 aromatic heterocycles. The van der Waals surface area contributed by atoms with Crippen LogP contribution in [0.5, 0.6) is 0 Å². The van der Waals surface area contributed by atoms with Crippen molar-refractivity contribution in [3.63, 3.8) is 0 Å². The molecule has 4 nitrogen and oxygen atoms in total. The number of amidine groups is 1. The predicted octanol–water partition coefficient (Wildman–Crippen LogP) is 1.37. The minimum atomic E-state index is 0.101. The van der Waals surface area contributed by atoms with Gasteiger partial charge in [0.2, 0.25) is 5.91 Å². The highest BCUT2D eigenvalue weighted by Crippen LogP contribution is 2.23. The third-order valence-corrected chi connectivity index (χ3v) is 3.54. The standard InChI is InChI=1S/C11H21N3OS/c1-3-5-9-8-14-11(16-9)13-7-6-10(15)12-4-2/h9H,3-8H2,1-2H3,(H,12,15)(H,13,14). The van der Waals surface area contributed by atoms with Gasteiger partial charge in [-0.05, 0) is 13.3 Å². The number of thioether (sulfide) groups is 1. The van der Waals surface area contributed by atoms with Gasteiger partial charge in [-0.1, -0.05) is 25.1 Å². The Morgan fingerprint density at radius 3 is 3.06 bits per heavy atom. The van der Waals surface area contributed by atoms with Crippen LogP contribution in [0.3, 0.4) is 0 Å². The largest absolute Gasteiger partial charge is 0.364 e. The molecular formula is C11H21N3OS. The molecule has 1 aliphatic heterocycles. The summed E-state index contributed by atoms with van der Waals surface area (Å²) in [5, 5.41) is 7.62. The molecule has 0 aliphatic carbocycles. The molecule has 0 bridgehead atoms. The Balaban J connectivity index is 2.08. The summed E-state index contributed by atoms with van der Waals surface area (Å²) < 4.78 is 0. The molecule has 1 aliphatic rings. The molecule has 1 atom stereocenters. The summed E-state index contributed by atoms with van der Waals surface area (Å²) in [6.45, 7) is 6.42. The summed E-state index contributed by atoms with van der Waals surface area (Å²) in [4.78, 5) is 15.6. The smallest absolute Gasteiger partial charge is 0.221 e. The van der Waals surface area contributed by atoms with Crippen molar-refractivity contribution in [1.82, 2.24) is 10.6 Å². The van der Waals surface area contributed by atoms with Crippen molar-refractivity contribution in [2.45, 2.75) is 38.4 Å². The highest BCUT2D eigenvalue weighted by molar-refractivity contribution is 8.14. The van der Waals surface area contributed by atoms with Crippen LogP contribution in [0.2, 0.25) is 0 Å². The fourth-order valence-corrected chi connectivity index (χ4v) is 2.71. The zero-order valence-electron chi connectivity index (χ0n) is 10.1. The second-order valence-corrected chi connectivity index (χ2v) is 5.09. The maximum Gasteiger partial charge on any atom is 0.221 e. The number of amides is 1. The van der Waals surface area contributed by atoms with E-state index in [1.54, 1.807) is 0 Å². The Labute approximate surface area is 102 Å². The van der Waals surface area contributed by atoms with E-state index in [9.17, 15) is 4.79 Å². The van der Waals surface area contributed by atoms with Crippen LogP contribution in [-0.2, 0) is 4.79 Å². The summed E-state index contributed by atoms with van der Waals surface area (Å²) in [7, 11) is 0. The van der Waals surface area contributed by atoms with E-state index in [2.05, 4.69) is 22.5 Å². The quantitative estimate of drug-likeness (QED) is 0.741. The molecule has 0 aromatic rings. The van der Waals surface area contributed by atoms with Crippen LogP contribution in [0.1, 0.15) is 33.1 Å². The van der Waals surface area contributed by atoms with Crippen LogP contribution in [-0.4, -0.2) is 36.0 Å². The van der Waals surface area contributed by atoms with Gasteiger partial charge in [0, 0.05) is 24.8 Å². The number of nitrogens with zero attached hydrogens (tertiary/aromatic N) is 1. The lowest BCUT2D eigenvalue weighted by Gasteiger charge is -2.07. The predicted molar refractivity (Wildman–Crippen MR) is 69.9 cm³/mol. The molecule has 1 amide bonds. The molecule has 92 valence electrons. The van der Waals surface area contributed by atoms with E-state index in [-0.39, 0.29) is 5.91 Å². The maximum atomic E-state index is 11.2. The van der Waals surface area contributed by atoms with E-state index < -0.39 is 0 Å². The highest BCUT2D eigenvalue weighted by atomic mass is 32.2. The minimum Gasteiger partial charge on any atom is -0.364 e. The number of aliphatic imine (C=N–C) groups is 1. The monoisotopic (exact) mass is 243 g/mol. The van der Waals surface area contributed by atoms with Crippen LogP contribution in [0.25, 0.3) is 0 Å². The third kappa shape index (κ3) is 4.88. The molecule has 0 radical (unpaired) electrons. The Morgan fingerprint density at radius 2 is 2.38 bits per heavy atom. The number of carbonyl (C=O) groups is 1. The molecule has 0 fully saturated rings. The van der Waals surface area contributed by atoms with Gasteiger partial charge >= 0.3 is 0 Å². The fraction of sp³-hybridized carbons (Fsp3) is 0.818. The first-order valence-electron chi connectivity index (χ1n) is 5.98. The van der Waals surface area contributed by atoms with Crippen molar-refractivity contribution >= 4 is 22.8 Å². The van der Waals surface area contributed by atoms with Gasteiger partial charge in [0.05, 0.1) is 6.54 Å². The van der Waals surface area contributed by atoms with Crippen molar-refractivity contribution in [2.75, 3.05) is 19.6 Å².